The summed E-state index contributed by atoms with van der Waals surface area (Å²) in [6.07, 6.45) is 0. The molecule has 0 spiro atoms. The highest BCUT2D eigenvalue weighted by Gasteiger charge is 2.13. The van der Waals surface area contributed by atoms with Crippen LogP contribution in [0.3, 0.4) is 0 Å². The van der Waals surface area contributed by atoms with Gasteiger partial charge in [0.25, 0.3) is 5.56 Å². The standard InChI is InChI=1S/C27H28N2O4/c1-19-7-6-8-20(2)25(19)33-18-17-32-16-15-29-26(21-11-13-22(31-3)14-12-21)28-24-10-5-4-9-23(24)27(29)30/h4-14H,15-18H2,1-3H3. The van der Waals surface area contributed by atoms with Gasteiger partial charge in [0.15, 0.2) is 0 Å². The van der Waals surface area contributed by atoms with E-state index in [0.29, 0.717) is 43.1 Å². The molecule has 1 heterocycles. The molecular formula is C27H28N2O4. The number of nitrogens with zero attached hydrogens (tertiary/aromatic N) is 2. The SMILES string of the molecule is COc1ccc(-c2nc3ccccc3c(=O)n2CCOCCOc2c(C)cccc2C)cc1. The largest absolute Gasteiger partial charge is 0.497 e. The summed E-state index contributed by atoms with van der Waals surface area (Å²) in [7, 11) is 1.63. The first-order chi connectivity index (χ1) is 16.1. The first-order valence-electron chi connectivity index (χ1n) is 11.0. The molecule has 0 saturated carbocycles. The normalized spacial score (nSPS) is 11.0. The summed E-state index contributed by atoms with van der Waals surface area (Å²) in [4.78, 5) is 18.0. The van der Waals surface area contributed by atoms with Gasteiger partial charge in [-0.25, -0.2) is 4.98 Å². The van der Waals surface area contributed by atoms with E-state index < -0.39 is 0 Å². The van der Waals surface area contributed by atoms with Gasteiger partial charge >= 0.3 is 0 Å². The van der Waals surface area contributed by atoms with Gasteiger partial charge in [0.1, 0.15) is 23.9 Å². The molecule has 0 fully saturated rings. The van der Waals surface area contributed by atoms with Crippen LogP contribution in [-0.2, 0) is 11.3 Å². The minimum Gasteiger partial charge on any atom is -0.497 e. The minimum absolute atomic E-state index is 0.0817. The zero-order valence-electron chi connectivity index (χ0n) is 19.2. The predicted octanol–water partition coefficient (Wildman–Crippen LogP) is 4.78. The van der Waals surface area contributed by atoms with Crippen LogP contribution in [0, 0.1) is 13.8 Å². The molecule has 4 rings (SSSR count). The van der Waals surface area contributed by atoms with E-state index in [0.717, 1.165) is 28.2 Å². The number of rotatable bonds is 9. The quantitative estimate of drug-likeness (QED) is 0.348. The van der Waals surface area contributed by atoms with Crippen LogP contribution < -0.4 is 15.0 Å². The Morgan fingerprint density at radius 1 is 0.848 bits per heavy atom. The van der Waals surface area contributed by atoms with Crippen molar-refractivity contribution in [2.24, 2.45) is 0 Å². The van der Waals surface area contributed by atoms with Crippen molar-refractivity contribution in [3.8, 4) is 22.9 Å². The van der Waals surface area contributed by atoms with Crippen LogP contribution in [0.5, 0.6) is 11.5 Å². The first-order valence-corrected chi connectivity index (χ1v) is 11.0. The summed E-state index contributed by atoms with van der Waals surface area (Å²) in [6, 6.07) is 21.0. The molecule has 0 unspecified atom stereocenters. The van der Waals surface area contributed by atoms with Crippen molar-refractivity contribution in [2.45, 2.75) is 20.4 Å². The van der Waals surface area contributed by atoms with Crippen LogP contribution >= 0.6 is 0 Å². The van der Waals surface area contributed by atoms with Gasteiger partial charge in [0.05, 0.1) is 37.8 Å². The lowest BCUT2D eigenvalue weighted by Crippen LogP contribution is -2.26. The monoisotopic (exact) mass is 444 g/mol. The third kappa shape index (κ3) is 5.07. The molecule has 6 nitrogen and oxygen atoms in total. The summed E-state index contributed by atoms with van der Waals surface area (Å²) in [6.45, 7) is 5.70. The first kappa shape index (κ1) is 22.6. The van der Waals surface area contributed by atoms with E-state index in [2.05, 4.69) is 0 Å². The average molecular weight is 445 g/mol. The summed E-state index contributed by atoms with van der Waals surface area (Å²) < 4.78 is 18.6. The molecule has 4 aromatic rings. The van der Waals surface area contributed by atoms with E-state index in [1.165, 1.54) is 0 Å². The summed E-state index contributed by atoms with van der Waals surface area (Å²) in [5, 5.41) is 0.591. The fraction of sp³-hybridized carbons (Fsp3) is 0.259. The van der Waals surface area contributed by atoms with Crippen LogP contribution in [-0.4, -0.2) is 36.5 Å². The summed E-state index contributed by atoms with van der Waals surface area (Å²) in [5.74, 6) is 2.26. The molecule has 0 radical (unpaired) electrons. The highest BCUT2D eigenvalue weighted by atomic mass is 16.5. The molecule has 6 heteroatoms. The second-order valence-corrected chi connectivity index (χ2v) is 7.82. The van der Waals surface area contributed by atoms with E-state index in [1.54, 1.807) is 17.7 Å². The summed E-state index contributed by atoms with van der Waals surface area (Å²) in [5.41, 5.74) is 3.65. The number of aryl methyl sites for hydroxylation is 2. The lowest BCUT2D eigenvalue weighted by atomic mass is 10.1. The maximum Gasteiger partial charge on any atom is 0.261 e. The number of ether oxygens (including phenoxy) is 3. The number of aromatic nitrogens is 2. The Labute approximate surface area is 193 Å². The third-order valence-corrected chi connectivity index (χ3v) is 5.55. The lowest BCUT2D eigenvalue weighted by molar-refractivity contribution is 0.0936. The van der Waals surface area contributed by atoms with Crippen molar-refractivity contribution in [1.82, 2.24) is 9.55 Å². The second kappa shape index (κ2) is 10.3. The topological polar surface area (TPSA) is 62.6 Å². The molecule has 0 bridgehead atoms. The van der Waals surface area contributed by atoms with Gasteiger partial charge in [-0.15, -0.1) is 0 Å². The molecule has 1 aromatic heterocycles. The van der Waals surface area contributed by atoms with Gasteiger partial charge in [0, 0.05) is 5.56 Å². The average Bonchev–Trinajstić information content (AvgIpc) is 2.84. The van der Waals surface area contributed by atoms with Crippen molar-refractivity contribution in [1.29, 1.82) is 0 Å². The number of methoxy groups -OCH3 is 1. The molecule has 0 aliphatic carbocycles. The molecule has 0 aliphatic rings. The minimum atomic E-state index is -0.0817. The maximum atomic E-state index is 13.2. The molecule has 0 N–H and O–H groups in total. The smallest absolute Gasteiger partial charge is 0.261 e. The second-order valence-electron chi connectivity index (χ2n) is 7.82. The lowest BCUT2D eigenvalue weighted by Gasteiger charge is -2.15. The Bertz CT molecular complexity index is 1280. The summed E-state index contributed by atoms with van der Waals surface area (Å²) >= 11 is 0. The fourth-order valence-corrected chi connectivity index (χ4v) is 3.82. The Balaban J connectivity index is 1.48. The van der Waals surface area contributed by atoms with Gasteiger partial charge in [-0.2, -0.15) is 0 Å². The highest BCUT2D eigenvalue weighted by molar-refractivity contribution is 5.79. The molecular weight excluding hydrogens is 416 g/mol. The van der Waals surface area contributed by atoms with Crippen molar-refractivity contribution in [2.75, 3.05) is 26.9 Å². The molecule has 33 heavy (non-hydrogen) atoms. The van der Waals surface area contributed by atoms with E-state index in [1.807, 2.05) is 74.5 Å². The molecule has 0 saturated heterocycles. The Morgan fingerprint density at radius 2 is 1.58 bits per heavy atom. The van der Waals surface area contributed by atoms with Gasteiger partial charge in [-0.1, -0.05) is 30.3 Å². The van der Waals surface area contributed by atoms with Gasteiger partial charge in [0.2, 0.25) is 0 Å². The van der Waals surface area contributed by atoms with Gasteiger partial charge in [-0.05, 0) is 61.4 Å². The predicted molar refractivity (Wildman–Crippen MR) is 130 cm³/mol. The fourth-order valence-electron chi connectivity index (χ4n) is 3.82. The van der Waals surface area contributed by atoms with Crippen LogP contribution in [0.1, 0.15) is 11.1 Å². The maximum absolute atomic E-state index is 13.2. The molecule has 0 amide bonds. The molecule has 0 aliphatic heterocycles. The molecule has 3 aromatic carbocycles. The van der Waals surface area contributed by atoms with E-state index >= 15 is 0 Å². The number of fused-ring (bicyclic) bond motifs is 1. The molecule has 0 atom stereocenters. The zero-order valence-corrected chi connectivity index (χ0v) is 19.2. The van der Waals surface area contributed by atoms with E-state index in [9.17, 15) is 4.79 Å². The van der Waals surface area contributed by atoms with Crippen LogP contribution in [0.4, 0.5) is 0 Å². The Morgan fingerprint density at radius 3 is 2.30 bits per heavy atom. The zero-order chi connectivity index (χ0) is 23.2. The van der Waals surface area contributed by atoms with Crippen LogP contribution in [0.15, 0.2) is 71.5 Å². The van der Waals surface area contributed by atoms with Gasteiger partial charge < -0.3 is 14.2 Å². The number of para-hydroxylation sites is 2. The Kier molecular flexibility index (Phi) is 7.05. The van der Waals surface area contributed by atoms with Crippen LogP contribution in [0.25, 0.3) is 22.3 Å². The number of benzene rings is 3. The van der Waals surface area contributed by atoms with Crippen molar-refractivity contribution >= 4 is 10.9 Å². The third-order valence-electron chi connectivity index (χ3n) is 5.55. The number of hydrogen-bond donors (Lipinski definition) is 0. The van der Waals surface area contributed by atoms with Crippen molar-refractivity contribution < 1.29 is 14.2 Å². The van der Waals surface area contributed by atoms with E-state index in [4.69, 9.17) is 19.2 Å². The van der Waals surface area contributed by atoms with Crippen molar-refractivity contribution in [3.05, 3.63) is 88.2 Å². The van der Waals surface area contributed by atoms with Crippen molar-refractivity contribution in [3.63, 3.8) is 0 Å². The van der Waals surface area contributed by atoms with Crippen LogP contribution in [0.2, 0.25) is 0 Å². The Hall–Kier alpha value is -3.64. The highest BCUT2D eigenvalue weighted by Crippen LogP contribution is 2.23. The molecule has 170 valence electrons. The van der Waals surface area contributed by atoms with Gasteiger partial charge in [-0.3, -0.25) is 9.36 Å². The number of hydrogen-bond acceptors (Lipinski definition) is 5. The van der Waals surface area contributed by atoms with E-state index in [-0.39, 0.29) is 5.56 Å².